The first-order chi connectivity index (χ1) is 9.15. The van der Waals surface area contributed by atoms with E-state index in [9.17, 15) is 0 Å². The van der Waals surface area contributed by atoms with Crippen LogP contribution < -0.4 is 5.32 Å². The Morgan fingerprint density at radius 2 is 1.74 bits per heavy atom. The molecule has 0 aliphatic heterocycles. The molecule has 0 heterocycles. The van der Waals surface area contributed by atoms with E-state index in [1.807, 2.05) is 12.1 Å². The minimum absolute atomic E-state index is 0.319. The van der Waals surface area contributed by atoms with Crippen LogP contribution in [0.1, 0.15) is 70.9 Å². The maximum atomic E-state index is 6.22. The van der Waals surface area contributed by atoms with E-state index < -0.39 is 0 Å². The summed E-state index contributed by atoms with van der Waals surface area (Å²) in [5.74, 6) is 0. The van der Waals surface area contributed by atoms with Crippen molar-refractivity contribution in [3.8, 4) is 0 Å². The molecule has 0 aliphatic carbocycles. The SMILES string of the molecule is CCCCCCCC(C)N[C@@H](C)c1ccccc1Cl. The Morgan fingerprint density at radius 1 is 1.05 bits per heavy atom. The molecule has 0 spiro atoms. The largest absolute Gasteiger partial charge is 0.308 e. The fourth-order valence-electron chi connectivity index (χ4n) is 2.48. The number of hydrogen-bond donors (Lipinski definition) is 1. The van der Waals surface area contributed by atoms with Crippen LogP contribution in [0.5, 0.6) is 0 Å². The van der Waals surface area contributed by atoms with Gasteiger partial charge in [0.25, 0.3) is 0 Å². The Hall–Kier alpha value is -0.530. The number of nitrogens with one attached hydrogen (secondary N) is 1. The number of unbranched alkanes of at least 4 members (excludes halogenated alkanes) is 4. The summed E-state index contributed by atoms with van der Waals surface area (Å²) >= 11 is 6.22. The first-order valence-electron chi connectivity index (χ1n) is 7.65. The third kappa shape index (κ3) is 6.44. The van der Waals surface area contributed by atoms with Gasteiger partial charge in [-0.05, 0) is 31.9 Å². The van der Waals surface area contributed by atoms with Gasteiger partial charge >= 0.3 is 0 Å². The molecule has 1 N–H and O–H groups in total. The summed E-state index contributed by atoms with van der Waals surface area (Å²) in [6, 6.07) is 8.97. The van der Waals surface area contributed by atoms with Crippen LogP contribution in [0, 0.1) is 0 Å². The van der Waals surface area contributed by atoms with Gasteiger partial charge in [-0.15, -0.1) is 0 Å². The molecule has 0 amide bonds. The second kappa shape index (κ2) is 9.39. The summed E-state index contributed by atoms with van der Waals surface area (Å²) in [7, 11) is 0. The smallest absolute Gasteiger partial charge is 0.0453 e. The zero-order chi connectivity index (χ0) is 14.1. The molecule has 2 heteroatoms. The zero-order valence-corrected chi connectivity index (χ0v) is 13.3. The molecule has 1 nitrogen and oxygen atoms in total. The van der Waals surface area contributed by atoms with E-state index in [4.69, 9.17) is 11.6 Å². The lowest BCUT2D eigenvalue weighted by Crippen LogP contribution is -2.29. The van der Waals surface area contributed by atoms with E-state index in [0.29, 0.717) is 12.1 Å². The highest BCUT2D eigenvalue weighted by molar-refractivity contribution is 6.31. The molecule has 0 saturated heterocycles. The summed E-state index contributed by atoms with van der Waals surface area (Å²) in [6.45, 7) is 6.72. The van der Waals surface area contributed by atoms with E-state index in [1.165, 1.54) is 44.1 Å². The fourth-order valence-corrected chi connectivity index (χ4v) is 2.78. The van der Waals surface area contributed by atoms with Crippen molar-refractivity contribution in [3.63, 3.8) is 0 Å². The lowest BCUT2D eigenvalue weighted by molar-refractivity contribution is 0.436. The number of benzene rings is 1. The van der Waals surface area contributed by atoms with Gasteiger partial charge in [-0.1, -0.05) is 68.8 Å². The van der Waals surface area contributed by atoms with Crippen molar-refractivity contribution in [2.45, 2.75) is 71.4 Å². The molecule has 0 saturated carbocycles. The molecule has 19 heavy (non-hydrogen) atoms. The summed E-state index contributed by atoms with van der Waals surface area (Å²) in [4.78, 5) is 0. The predicted molar refractivity (Wildman–Crippen MR) is 85.8 cm³/mol. The van der Waals surface area contributed by atoms with Crippen LogP contribution in [0.4, 0.5) is 0 Å². The highest BCUT2D eigenvalue weighted by Crippen LogP contribution is 2.23. The lowest BCUT2D eigenvalue weighted by Gasteiger charge is -2.21. The minimum atomic E-state index is 0.319. The number of hydrogen-bond acceptors (Lipinski definition) is 1. The molecule has 0 bridgehead atoms. The molecule has 0 aliphatic rings. The van der Waals surface area contributed by atoms with Crippen LogP contribution in [0.3, 0.4) is 0 Å². The van der Waals surface area contributed by atoms with Crippen molar-refractivity contribution >= 4 is 11.6 Å². The number of halogens is 1. The molecule has 108 valence electrons. The van der Waals surface area contributed by atoms with Crippen molar-refractivity contribution in [1.82, 2.24) is 5.32 Å². The standard InChI is InChI=1S/C17H28ClN/c1-4-5-6-7-8-11-14(2)19-15(3)16-12-9-10-13-17(16)18/h9-10,12-15,19H,4-8,11H2,1-3H3/t14?,15-/m0/s1. The molecule has 1 aromatic rings. The monoisotopic (exact) mass is 281 g/mol. The fraction of sp³-hybridized carbons (Fsp3) is 0.647. The van der Waals surface area contributed by atoms with Crippen molar-refractivity contribution < 1.29 is 0 Å². The number of rotatable bonds is 9. The topological polar surface area (TPSA) is 12.0 Å². The van der Waals surface area contributed by atoms with Crippen LogP contribution in [-0.4, -0.2) is 6.04 Å². The molecule has 1 aromatic carbocycles. The molecule has 0 radical (unpaired) electrons. The molecule has 2 atom stereocenters. The highest BCUT2D eigenvalue weighted by Gasteiger charge is 2.11. The lowest BCUT2D eigenvalue weighted by atomic mass is 10.0. The normalized spacial score (nSPS) is 14.3. The van der Waals surface area contributed by atoms with Gasteiger partial charge in [-0.3, -0.25) is 0 Å². The first kappa shape index (κ1) is 16.5. The van der Waals surface area contributed by atoms with E-state index in [-0.39, 0.29) is 0 Å². The van der Waals surface area contributed by atoms with Crippen LogP contribution in [0.25, 0.3) is 0 Å². The molecule has 0 aromatic heterocycles. The summed E-state index contributed by atoms with van der Waals surface area (Å²) in [5, 5.41) is 4.50. The second-order valence-electron chi connectivity index (χ2n) is 5.51. The summed E-state index contributed by atoms with van der Waals surface area (Å²) in [6.07, 6.45) is 8.00. The van der Waals surface area contributed by atoms with Gasteiger partial charge in [-0.25, -0.2) is 0 Å². The Morgan fingerprint density at radius 3 is 2.42 bits per heavy atom. The van der Waals surface area contributed by atoms with Gasteiger partial charge in [0.2, 0.25) is 0 Å². The van der Waals surface area contributed by atoms with E-state index in [2.05, 4.69) is 38.2 Å². The van der Waals surface area contributed by atoms with Crippen molar-refractivity contribution in [3.05, 3.63) is 34.9 Å². The third-order valence-electron chi connectivity index (χ3n) is 3.65. The average Bonchev–Trinajstić information content (AvgIpc) is 2.39. The molecule has 1 unspecified atom stereocenters. The van der Waals surface area contributed by atoms with Gasteiger partial charge in [0.1, 0.15) is 0 Å². The maximum Gasteiger partial charge on any atom is 0.0453 e. The second-order valence-corrected chi connectivity index (χ2v) is 5.92. The van der Waals surface area contributed by atoms with Gasteiger partial charge in [0.05, 0.1) is 0 Å². The minimum Gasteiger partial charge on any atom is -0.308 e. The van der Waals surface area contributed by atoms with E-state index >= 15 is 0 Å². The summed E-state index contributed by atoms with van der Waals surface area (Å²) in [5.41, 5.74) is 1.20. The van der Waals surface area contributed by atoms with Crippen LogP contribution >= 0.6 is 11.6 Å². The van der Waals surface area contributed by atoms with Crippen LogP contribution in [-0.2, 0) is 0 Å². The van der Waals surface area contributed by atoms with Crippen molar-refractivity contribution in [1.29, 1.82) is 0 Å². The Kier molecular flexibility index (Phi) is 8.16. The van der Waals surface area contributed by atoms with E-state index in [1.54, 1.807) is 0 Å². The zero-order valence-electron chi connectivity index (χ0n) is 12.6. The van der Waals surface area contributed by atoms with Crippen LogP contribution in [0.2, 0.25) is 5.02 Å². The Labute approximate surface area is 123 Å². The predicted octanol–water partition coefficient (Wildman–Crippen LogP) is 5.74. The van der Waals surface area contributed by atoms with Gasteiger partial charge < -0.3 is 5.32 Å². The Balaban J connectivity index is 2.28. The van der Waals surface area contributed by atoms with E-state index in [0.717, 1.165) is 5.02 Å². The Bertz CT molecular complexity index is 351. The van der Waals surface area contributed by atoms with Gasteiger partial charge in [-0.2, -0.15) is 0 Å². The maximum absolute atomic E-state index is 6.22. The molecular weight excluding hydrogens is 254 g/mol. The quantitative estimate of drug-likeness (QED) is 0.569. The highest BCUT2D eigenvalue weighted by atomic mass is 35.5. The van der Waals surface area contributed by atoms with Crippen molar-refractivity contribution in [2.24, 2.45) is 0 Å². The average molecular weight is 282 g/mol. The van der Waals surface area contributed by atoms with Gasteiger partial charge in [0, 0.05) is 17.1 Å². The molecule has 1 rings (SSSR count). The first-order valence-corrected chi connectivity index (χ1v) is 8.03. The van der Waals surface area contributed by atoms with Crippen LogP contribution in [0.15, 0.2) is 24.3 Å². The third-order valence-corrected chi connectivity index (χ3v) is 3.99. The summed E-state index contributed by atoms with van der Waals surface area (Å²) < 4.78 is 0. The molecule has 0 fully saturated rings. The van der Waals surface area contributed by atoms with Crippen molar-refractivity contribution in [2.75, 3.05) is 0 Å². The molecular formula is C17H28ClN. The van der Waals surface area contributed by atoms with Gasteiger partial charge in [0.15, 0.2) is 0 Å².